The molecule has 3 aromatic rings. The Morgan fingerprint density at radius 3 is 2.17 bits per heavy atom. The third-order valence-electron chi connectivity index (χ3n) is 5.85. The average Bonchev–Trinajstić information content (AvgIpc) is 2.78. The predicted molar refractivity (Wildman–Crippen MR) is 123 cm³/mol. The van der Waals surface area contributed by atoms with Crippen molar-refractivity contribution in [1.82, 2.24) is 0 Å². The SMILES string of the molecule is C1=CC2=C(CC1)N(CN1c3ccccc3[CH-]c3ccccc31)c1ccccc1S2. The number of hydrogen-bond donors (Lipinski definition) is 0. The van der Waals surface area contributed by atoms with Crippen LogP contribution >= 0.6 is 11.8 Å². The lowest BCUT2D eigenvalue weighted by Crippen LogP contribution is -2.38. The van der Waals surface area contributed by atoms with Gasteiger partial charge in [0.15, 0.2) is 0 Å². The van der Waals surface area contributed by atoms with E-state index in [0.29, 0.717) is 0 Å². The Morgan fingerprint density at radius 2 is 1.41 bits per heavy atom. The molecule has 2 heterocycles. The molecule has 3 aromatic carbocycles. The maximum absolute atomic E-state index is 2.53. The Morgan fingerprint density at radius 1 is 0.759 bits per heavy atom. The van der Waals surface area contributed by atoms with Gasteiger partial charge in [-0.15, -0.1) is 29.7 Å². The Labute approximate surface area is 176 Å². The summed E-state index contributed by atoms with van der Waals surface area (Å²) in [5.74, 6) is 0. The summed E-state index contributed by atoms with van der Waals surface area (Å²) in [6, 6.07) is 26.2. The maximum Gasteiger partial charge on any atom is 0.0865 e. The van der Waals surface area contributed by atoms with Gasteiger partial charge < -0.3 is 9.80 Å². The molecule has 1 aliphatic carbocycles. The van der Waals surface area contributed by atoms with Crippen molar-refractivity contribution in [3.05, 3.63) is 113 Å². The molecule has 0 bridgehead atoms. The van der Waals surface area contributed by atoms with Crippen molar-refractivity contribution in [2.75, 3.05) is 16.5 Å². The fourth-order valence-corrected chi connectivity index (χ4v) is 5.65. The lowest BCUT2D eigenvalue weighted by Gasteiger charge is -2.45. The topological polar surface area (TPSA) is 6.48 Å². The summed E-state index contributed by atoms with van der Waals surface area (Å²) in [6.45, 7) is 0.812. The largest absolute Gasteiger partial charge is 0.387 e. The highest BCUT2D eigenvalue weighted by molar-refractivity contribution is 8.03. The second kappa shape index (κ2) is 6.78. The van der Waals surface area contributed by atoms with Gasteiger partial charge in [-0.05, 0) is 36.3 Å². The van der Waals surface area contributed by atoms with Crippen molar-refractivity contribution in [2.45, 2.75) is 17.7 Å². The summed E-state index contributed by atoms with van der Waals surface area (Å²) < 4.78 is 0. The monoisotopic (exact) mass is 393 g/mol. The summed E-state index contributed by atoms with van der Waals surface area (Å²) in [5, 5.41) is 0. The molecule has 0 radical (unpaired) electrons. The summed E-state index contributed by atoms with van der Waals surface area (Å²) in [7, 11) is 0. The molecule has 142 valence electrons. The number of nitrogens with zero attached hydrogens (tertiary/aromatic N) is 2. The van der Waals surface area contributed by atoms with Crippen molar-refractivity contribution in [2.24, 2.45) is 0 Å². The van der Waals surface area contributed by atoms with Crippen LogP contribution in [0.25, 0.3) is 0 Å². The number of anilines is 3. The zero-order valence-electron chi connectivity index (χ0n) is 16.1. The molecule has 2 nitrogen and oxygen atoms in total. The molecular weight excluding hydrogens is 372 g/mol. The van der Waals surface area contributed by atoms with Gasteiger partial charge in [-0.25, -0.2) is 0 Å². The van der Waals surface area contributed by atoms with Gasteiger partial charge in [0.1, 0.15) is 0 Å². The molecule has 0 saturated heterocycles. The fourth-order valence-electron chi connectivity index (χ4n) is 4.48. The van der Waals surface area contributed by atoms with Gasteiger partial charge in [-0.2, -0.15) is 0 Å². The second-order valence-corrected chi connectivity index (χ2v) is 8.67. The number of hydrogen-bond acceptors (Lipinski definition) is 3. The Kier molecular flexibility index (Phi) is 3.95. The standard InChI is InChI=1S/C26H21N2S/c1-3-11-21-19(9-1)17-20-10-2-4-12-22(20)27(21)18-28-23-13-5-7-15-25(23)29-26-16-8-6-14-24(26)28/h1-5,7-13,15-17H,6,14,18H2/q-1. The van der Waals surface area contributed by atoms with Crippen LogP contribution in [0.1, 0.15) is 24.0 Å². The molecule has 0 atom stereocenters. The molecule has 0 unspecified atom stereocenters. The van der Waals surface area contributed by atoms with Crippen LogP contribution in [0.5, 0.6) is 0 Å². The smallest absolute Gasteiger partial charge is 0.0865 e. The third kappa shape index (κ3) is 2.77. The average molecular weight is 394 g/mol. The summed E-state index contributed by atoms with van der Waals surface area (Å²) in [4.78, 5) is 7.73. The van der Waals surface area contributed by atoms with E-state index in [0.717, 1.165) is 19.5 Å². The van der Waals surface area contributed by atoms with E-state index < -0.39 is 0 Å². The number of thioether (sulfide) groups is 1. The lowest BCUT2D eigenvalue weighted by molar-refractivity contribution is 0.798. The number of benzene rings is 3. The van der Waals surface area contributed by atoms with Gasteiger partial charge >= 0.3 is 0 Å². The molecule has 0 N–H and O–H groups in total. The number of fused-ring (bicyclic) bond motifs is 3. The normalized spacial score (nSPS) is 16.6. The second-order valence-electron chi connectivity index (χ2n) is 7.58. The lowest BCUT2D eigenvalue weighted by atomic mass is 9.96. The van der Waals surface area contributed by atoms with Gasteiger partial charge in [-0.1, -0.05) is 72.4 Å². The van der Waals surface area contributed by atoms with E-state index in [1.54, 1.807) is 0 Å². The minimum absolute atomic E-state index is 0.812. The maximum atomic E-state index is 2.53. The first kappa shape index (κ1) is 16.9. The first-order chi connectivity index (χ1) is 14.4. The minimum Gasteiger partial charge on any atom is -0.387 e. The van der Waals surface area contributed by atoms with E-state index in [1.165, 1.54) is 43.7 Å². The first-order valence-corrected chi connectivity index (χ1v) is 10.9. The van der Waals surface area contributed by atoms with E-state index in [-0.39, 0.29) is 0 Å². The van der Waals surface area contributed by atoms with Crippen molar-refractivity contribution >= 4 is 28.8 Å². The van der Waals surface area contributed by atoms with Gasteiger partial charge in [0.25, 0.3) is 0 Å². The van der Waals surface area contributed by atoms with E-state index in [1.807, 2.05) is 11.8 Å². The highest BCUT2D eigenvalue weighted by atomic mass is 32.2. The third-order valence-corrected chi connectivity index (χ3v) is 7.01. The summed E-state index contributed by atoms with van der Waals surface area (Å²) in [5.41, 5.74) is 7.87. The molecule has 3 aliphatic rings. The van der Waals surface area contributed by atoms with Crippen LogP contribution in [0.4, 0.5) is 17.1 Å². The van der Waals surface area contributed by atoms with Crippen molar-refractivity contribution in [1.29, 1.82) is 0 Å². The quantitative estimate of drug-likeness (QED) is 0.439. The van der Waals surface area contributed by atoms with Crippen LogP contribution in [0.15, 0.2) is 100 Å². The van der Waals surface area contributed by atoms with E-state index in [4.69, 9.17) is 0 Å². The zero-order valence-corrected chi connectivity index (χ0v) is 16.9. The van der Waals surface area contributed by atoms with Crippen LogP contribution in [-0.4, -0.2) is 6.67 Å². The predicted octanol–water partition coefficient (Wildman–Crippen LogP) is 6.87. The Bertz CT molecular complexity index is 1120. The van der Waals surface area contributed by atoms with Gasteiger partial charge in [0.2, 0.25) is 0 Å². The molecule has 3 heteroatoms. The highest BCUT2D eigenvalue weighted by Crippen LogP contribution is 2.48. The molecule has 0 amide bonds. The Hall–Kier alpha value is -3.04. The molecule has 0 saturated carbocycles. The van der Waals surface area contributed by atoms with Crippen LogP contribution in [0, 0.1) is 6.42 Å². The molecule has 0 fully saturated rings. The van der Waals surface area contributed by atoms with Crippen molar-refractivity contribution < 1.29 is 0 Å². The summed E-state index contributed by atoms with van der Waals surface area (Å²) >= 11 is 1.90. The Balaban J connectivity index is 1.49. The molecule has 0 aromatic heterocycles. The first-order valence-electron chi connectivity index (χ1n) is 10.1. The van der Waals surface area contributed by atoms with Crippen molar-refractivity contribution in [3.8, 4) is 0 Å². The number of rotatable bonds is 2. The van der Waals surface area contributed by atoms with E-state index in [9.17, 15) is 0 Å². The van der Waals surface area contributed by atoms with Crippen LogP contribution in [-0.2, 0) is 0 Å². The van der Waals surface area contributed by atoms with E-state index in [2.05, 4.69) is 101 Å². The minimum atomic E-state index is 0.812. The molecule has 2 aliphatic heterocycles. The van der Waals surface area contributed by atoms with Crippen LogP contribution in [0.2, 0.25) is 0 Å². The van der Waals surface area contributed by atoms with Gasteiger partial charge in [-0.3, -0.25) is 0 Å². The summed E-state index contributed by atoms with van der Waals surface area (Å²) in [6.07, 6.45) is 9.11. The van der Waals surface area contributed by atoms with Crippen LogP contribution < -0.4 is 9.80 Å². The highest BCUT2D eigenvalue weighted by Gasteiger charge is 2.28. The molecular formula is C26H21N2S-. The van der Waals surface area contributed by atoms with Gasteiger partial charge in [0, 0.05) is 15.5 Å². The van der Waals surface area contributed by atoms with Crippen molar-refractivity contribution in [3.63, 3.8) is 0 Å². The zero-order chi connectivity index (χ0) is 19.2. The van der Waals surface area contributed by atoms with Gasteiger partial charge in [0.05, 0.1) is 12.4 Å². The molecule has 6 rings (SSSR count). The molecule has 29 heavy (non-hydrogen) atoms. The number of allylic oxidation sites excluding steroid dienone is 3. The van der Waals surface area contributed by atoms with Crippen LogP contribution in [0.3, 0.4) is 0 Å². The number of para-hydroxylation sites is 3. The fraction of sp³-hybridized carbons (Fsp3) is 0.115. The molecule has 0 spiro atoms. The van der Waals surface area contributed by atoms with E-state index >= 15 is 0 Å².